The molecule has 1 aromatic heterocycles. The summed E-state index contributed by atoms with van der Waals surface area (Å²) in [6.07, 6.45) is 3.01. The molecule has 7 nitrogen and oxygen atoms in total. The molecular weight excluding hydrogens is 368 g/mol. The monoisotopic (exact) mass is 390 g/mol. The summed E-state index contributed by atoms with van der Waals surface area (Å²) >= 11 is 0. The van der Waals surface area contributed by atoms with E-state index in [2.05, 4.69) is 4.98 Å². The predicted octanol–water partition coefficient (Wildman–Crippen LogP) is 1.91. The molecule has 2 atom stereocenters. The van der Waals surface area contributed by atoms with Gasteiger partial charge in [-0.1, -0.05) is 23.8 Å². The molecule has 0 amide bonds. The Hall–Kier alpha value is -2.29. The van der Waals surface area contributed by atoms with Crippen LogP contribution in [-0.2, 0) is 30.4 Å². The number of hydrogen-bond acceptors (Lipinski definition) is 7. The van der Waals surface area contributed by atoms with Crippen molar-refractivity contribution in [2.75, 3.05) is 13.7 Å². The van der Waals surface area contributed by atoms with Crippen LogP contribution in [-0.4, -0.2) is 50.1 Å². The number of ether oxygens (including phenoxy) is 1. The molecule has 144 valence electrons. The summed E-state index contributed by atoms with van der Waals surface area (Å²) < 4.78 is 35.4. The van der Waals surface area contributed by atoms with E-state index in [-0.39, 0.29) is 11.3 Å². The Balaban J connectivity index is 1.75. The van der Waals surface area contributed by atoms with Crippen molar-refractivity contribution in [3.8, 4) is 0 Å². The van der Waals surface area contributed by atoms with Gasteiger partial charge in [-0.05, 0) is 30.7 Å². The lowest BCUT2D eigenvalue weighted by molar-refractivity contribution is -0.146. The van der Waals surface area contributed by atoms with Crippen molar-refractivity contribution < 1.29 is 22.1 Å². The third kappa shape index (κ3) is 4.71. The van der Waals surface area contributed by atoms with Gasteiger partial charge in [0, 0.05) is 31.9 Å². The van der Waals surface area contributed by atoms with E-state index in [1.54, 1.807) is 24.5 Å². The third-order valence-electron chi connectivity index (χ3n) is 4.52. The molecule has 1 aliphatic rings. The van der Waals surface area contributed by atoms with Gasteiger partial charge >= 0.3 is 5.97 Å². The summed E-state index contributed by atoms with van der Waals surface area (Å²) in [5.41, 5.74) is 1.89. The quantitative estimate of drug-likeness (QED) is 0.550. The number of benzene rings is 1. The number of aromatic nitrogens is 1. The number of aryl methyl sites for hydroxylation is 1. The summed E-state index contributed by atoms with van der Waals surface area (Å²) in [5.74, 6) is -0.405. The number of methoxy groups -OCH3 is 1. The number of nitrogens with zero attached hydrogens (tertiary/aromatic N) is 2. The predicted molar refractivity (Wildman–Crippen MR) is 98.3 cm³/mol. The van der Waals surface area contributed by atoms with Crippen molar-refractivity contribution in [3.05, 3.63) is 59.9 Å². The standard InChI is InChI=1S/C19H22N2O5S/c1-14-5-7-17(8-6-14)27(23,24)26-16-10-18(19(22)25-2)21(13-16)12-15-4-3-9-20-11-15/h3-9,11,16,18H,10,12-13H2,1-2H3/t16-,18-/m0/s1. The van der Waals surface area contributed by atoms with E-state index in [0.717, 1.165) is 11.1 Å². The summed E-state index contributed by atoms with van der Waals surface area (Å²) in [5, 5.41) is 0. The first-order valence-electron chi connectivity index (χ1n) is 8.60. The van der Waals surface area contributed by atoms with Crippen molar-refractivity contribution in [1.29, 1.82) is 0 Å². The van der Waals surface area contributed by atoms with E-state index < -0.39 is 28.2 Å². The third-order valence-corrected chi connectivity index (χ3v) is 5.89. The maximum absolute atomic E-state index is 12.5. The Morgan fingerprint density at radius 3 is 2.63 bits per heavy atom. The topological polar surface area (TPSA) is 85.8 Å². The van der Waals surface area contributed by atoms with Gasteiger partial charge in [-0.15, -0.1) is 0 Å². The molecular formula is C19H22N2O5S. The fourth-order valence-electron chi connectivity index (χ4n) is 3.15. The van der Waals surface area contributed by atoms with Gasteiger partial charge in [0.15, 0.2) is 0 Å². The first-order valence-corrected chi connectivity index (χ1v) is 10.0. The summed E-state index contributed by atoms with van der Waals surface area (Å²) in [7, 11) is -2.58. The fraction of sp³-hybridized carbons (Fsp3) is 0.368. The summed E-state index contributed by atoms with van der Waals surface area (Å²) in [6, 6.07) is 9.63. The lowest BCUT2D eigenvalue weighted by Gasteiger charge is -2.21. The average Bonchev–Trinajstić information content (AvgIpc) is 3.03. The van der Waals surface area contributed by atoms with Crippen LogP contribution in [0.15, 0.2) is 53.7 Å². The average molecular weight is 390 g/mol. The van der Waals surface area contributed by atoms with Gasteiger partial charge in [-0.25, -0.2) is 0 Å². The number of pyridine rings is 1. The van der Waals surface area contributed by atoms with Crippen molar-refractivity contribution in [1.82, 2.24) is 9.88 Å². The van der Waals surface area contributed by atoms with Gasteiger partial charge < -0.3 is 4.74 Å². The van der Waals surface area contributed by atoms with Gasteiger partial charge in [0.1, 0.15) is 6.04 Å². The van der Waals surface area contributed by atoms with Gasteiger partial charge in [-0.2, -0.15) is 8.42 Å². The molecule has 2 aromatic rings. The highest BCUT2D eigenvalue weighted by Crippen LogP contribution is 2.26. The van der Waals surface area contributed by atoms with Gasteiger partial charge in [-0.3, -0.25) is 18.9 Å². The van der Waals surface area contributed by atoms with Crippen LogP contribution < -0.4 is 0 Å². The molecule has 0 saturated carbocycles. The van der Waals surface area contributed by atoms with E-state index in [4.69, 9.17) is 8.92 Å². The zero-order valence-electron chi connectivity index (χ0n) is 15.2. The van der Waals surface area contributed by atoms with Crippen LogP contribution in [0.4, 0.5) is 0 Å². The Labute approximate surface area is 159 Å². The van der Waals surface area contributed by atoms with E-state index in [0.29, 0.717) is 13.1 Å². The Kier molecular flexibility index (Phi) is 5.88. The van der Waals surface area contributed by atoms with Crippen LogP contribution in [0, 0.1) is 6.92 Å². The highest BCUT2D eigenvalue weighted by molar-refractivity contribution is 7.86. The van der Waals surface area contributed by atoms with Crippen LogP contribution >= 0.6 is 0 Å². The Bertz CT molecular complexity index is 884. The summed E-state index contributed by atoms with van der Waals surface area (Å²) in [4.78, 5) is 18.2. The molecule has 1 aliphatic heterocycles. The number of likely N-dealkylation sites (tertiary alicyclic amines) is 1. The molecule has 1 fully saturated rings. The number of rotatable bonds is 6. The second kappa shape index (κ2) is 8.16. The Morgan fingerprint density at radius 1 is 1.26 bits per heavy atom. The zero-order chi connectivity index (χ0) is 19.4. The normalized spacial score (nSPS) is 20.5. The highest BCUT2D eigenvalue weighted by Gasteiger charge is 2.40. The minimum atomic E-state index is -3.90. The minimum Gasteiger partial charge on any atom is -0.468 e. The van der Waals surface area contributed by atoms with Crippen LogP contribution in [0.5, 0.6) is 0 Å². The second-order valence-corrected chi connectivity index (χ2v) is 8.12. The summed E-state index contributed by atoms with van der Waals surface area (Å²) in [6.45, 7) is 2.64. The number of carbonyl (C=O) groups is 1. The molecule has 8 heteroatoms. The number of carbonyl (C=O) groups excluding carboxylic acids is 1. The molecule has 27 heavy (non-hydrogen) atoms. The molecule has 3 rings (SSSR count). The van der Waals surface area contributed by atoms with E-state index in [9.17, 15) is 13.2 Å². The smallest absolute Gasteiger partial charge is 0.323 e. The molecule has 0 radical (unpaired) electrons. The van der Waals surface area contributed by atoms with Crippen LogP contribution in [0.3, 0.4) is 0 Å². The zero-order valence-corrected chi connectivity index (χ0v) is 16.1. The van der Waals surface area contributed by atoms with E-state index in [1.807, 2.05) is 24.0 Å². The molecule has 0 aliphatic carbocycles. The van der Waals surface area contributed by atoms with Crippen molar-refractivity contribution in [2.24, 2.45) is 0 Å². The van der Waals surface area contributed by atoms with Gasteiger partial charge in [0.2, 0.25) is 0 Å². The van der Waals surface area contributed by atoms with E-state index in [1.165, 1.54) is 19.2 Å². The molecule has 0 spiro atoms. The number of hydrogen-bond donors (Lipinski definition) is 0. The molecule has 1 saturated heterocycles. The molecule has 2 heterocycles. The van der Waals surface area contributed by atoms with Gasteiger partial charge in [0.25, 0.3) is 10.1 Å². The van der Waals surface area contributed by atoms with Crippen LogP contribution in [0.2, 0.25) is 0 Å². The van der Waals surface area contributed by atoms with Crippen LogP contribution in [0.1, 0.15) is 17.5 Å². The Morgan fingerprint density at radius 2 is 2.00 bits per heavy atom. The maximum Gasteiger partial charge on any atom is 0.323 e. The van der Waals surface area contributed by atoms with E-state index >= 15 is 0 Å². The molecule has 0 unspecified atom stereocenters. The molecule has 0 N–H and O–H groups in total. The van der Waals surface area contributed by atoms with Gasteiger partial charge in [0.05, 0.1) is 18.1 Å². The first kappa shape index (κ1) is 19.5. The lowest BCUT2D eigenvalue weighted by atomic mass is 10.2. The van der Waals surface area contributed by atoms with Crippen molar-refractivity contribution in [2.45, 2.75) is 36.9 Å². The van der Waals surface area contributed by atoms with Crippen molar-refractivity contribution >= 4 is 16.1 Å². The lowest BCUT2D eigenvalue weighted by Crippen LogP contribution is -2.36. The van der Waals surface area contributed by atoms with Crippen molar-refractivity contribution in [3.63, 3.8) is 0 Å². The second-order valence-electron chi connectivity index (χ2n) is 6.55. The SMILES string of the molecule is COC(=O)[C@@H]1C[C@H](OS(=O)(=O)c2ccc(C)cc2)CN1Cc1cccnc1. The molecule has 0 bridgehead atoms. The van der Waals surface area contributed by atoms with Crippen LogP contribution in [0.25, 0.3) is 0 Å². The minimum absolute atomic E-state index is 0.105. The maximum atomic E-state index is 12.5. The largest absolute Gasteiger partial charge is 0.468 e. The number of esters is 1. The first-order chi connectivity index (χ1) is 12.9. The molecule has 1 aromatic carbocycles. The highest BCUT2D eigenvalue weighted by atomic mass is 32.2. The fourth-order valence-corrected chi connectivity index (χ4v) is 4.23.